The van der Waals surface area contributed by atoms with E-state index in [4.69, 9.17) is 5.73 Å². The maximum Gasteiger partial charge on any atom is 0.141 e. The molecule has 9 heavy (non-hydrogen) atoms. The Hall–Kier alpha value is -0.990. The van der Waals surface area contributed by atoms with Gasteiger partial charge in [0.1, 0.15) is 5.82 Å². The number of anilines is 1. The number of hydrogen-bond acceptors (Lipinski definition) is 2. The fourth-order valence-electron chi connectivity index (χ4n) is 0.758. The topological polar surface area (TPSA) is 43.8 Å². The molecule has 0 unspecified atom stereocenters. The van der Waals surface area contributed by atoms with Crippen LogP contribution in [-0.2, 0) is 6.54 Å². The van der Waals surface area contributed by atoms with Crippen molar-refractivity contribution >= 4 is 5.82 Å². The van der Waals surface area contributed by atoms with E-state index in [1.165, 1.54) is 0 Å². The van der Waals surface area contributed by atoms with Gasteiger partial charge in [-0.15, -0.1) is 0 Å². The van der Waals surface area contributed by atoms with Gasteiger partial charge in [0.25, 0.3) is 0 Å². The lowest BCUT2D eigenvalue weighted by molar-refractivity contribution is 0.678. The number of rotatable bonds is 2. The van der Waals surface area contributed by atoms with Crippen LogP contribution in [0.2, 0.25) is 0 Å². The number of nitrogens with two attached hydrogens (primary N) is 1. The van der Waals surface area contributed by atoms with E-state index in [0.717, 1.165) is 13.0 Å². The highest BCUT2D eigenvalue weighted by atomic mass is 15.1. The van der Waals surface area contributed by atoms with Crippen LogP contribution in [0.5, 0.6) is 0 Å². The molecule has 1 heterocycles. The van der Waals surface area contributed by atoms with Crippen molar-refractivity contribution in [2.24, 2.45) is 0 Å². The second-order valence-electron chi connectivity index (χ2n) is 2.04. The van der Waals surface area contributed by atoms with E-state index in [-0.39, 0.29) is 0 Å². The number of nitrogen functional groups attached to an aromatic ring is 1. The van der Waals surface area contributed by atoms with Gasteiger partial charge in [-0.3, -0.25) is 0 Å². The predicted molar refractivity (Wildman–Crippen MR) is 36.9 cm³/mol. The zero-order chi connectivity index (χ0) is 6.69. The molecule has 2 N–H and O–H groups in total. The molecule has 50 valence electrons. The van der Waals surface area contributed by atoms with Gasteiger partial charge in [-0.05, 0) is 6.42 Å². The summed E-state index contributed by atoms with van der Waals surface area (Å²) in [5, 5.41) is 0. The molecule has 0 bridgehead atoms. The lowest BCUT2D eigenvalue weighted by Gasteiger charge is -1.93. The van der Waals surface area contributed by atoms with Gasteiger partial charge >= 0.3 is 0 Å². The minimum atomic E-state index is 0.600. The van der Waals surface area contributed by atoms with E-state index in [2.05, 4.69) is 11.9 Å². The van der Waals surface area contributed by atoms with Gasteiger partial charge in [-0.25, -0.2) is 4.98 Å². The Kier molecular flexibility index (Phi) is 1.72. The lowest BCUT2D eigenvalue weighted by atomic mass is 10.5. The maximum absolute atomic E-state index is 5.38. The van der Waals surface area contributed by atoms with Gasteiger partial charge in [0.05, 0.1) is 6.33 Å². The van der Waals surface area contributed by atoms with Crippen molar-refractivity contribution in [3.05, 3.63) is 12.5 Å². The molecule has 1 rings (SSSR count). The molecule has 0 fully saturated rings. The van der Waals surface area contributed by atoms with Crippen molar-refractivity contribution < 1.29 is 0 Å². The van der Waals surface area contributed by atoms with Gasteiger partial charge in [0.2, 0.25) is 0 Å². The van der Waals surface area contributed by atoms with Gasteiger partial charge < -0.3 is 10.3 Å². The summed E-state index contributed by atoms with van der Waals surface area (Å²) in [6.45, 7) is 3.13. The SMILES string of the molecule is CCCn1cnc(N)c1. The minimum absolute atomic E-state index is 0.600. The predicted octanol–water partition coefficient (Wildman–Crippen LogP) is 0.875. The van der Waals surface area contributed by atoms with Crippen LogP contribution >= 0.6 is 0 Å². The van der Waals surface area contributed by atoms with Gasteiger partial charge in [-0.1, -0.05) is 6.92 Å². The van der Waals surface area contributed by atoms with Gasteiger partial charge in [0, 0.05) is 12.7 Å². The Morgan fingerprint density at radius 1 is 1.78 bits per heavy atom. The molecule has 1 aromatic rings. The number of hydrogen-bond donors (Lipinski definition) is 1. The molecule has 0 radical (unpaired) electrons. The van der Waals surface area contributed by atoms with Crippen molar-refractivity contribution in [3.63, 3.8) is 0 Å². The highest BCUT2D eigenvalue weighted by Crippen LogP contribution is 1.96. The quantitative estimate of drug-likeness (QED) is 0.637. The second-order valence-corrected chi connectivity index (χ2v) is 2.04. The summed E-state index contributed by atoms with van der Waals surface area (Å²) in [6.07, 6.45) is 4.71. The molecule has 0 atom stereocenters. The Morgan fingerprint density at radius 2 is 2.56 bits per heavy atom. The van der Waals surface area contributed by atoms with Crippen LogP contribution in [0.15, 0.2) is 12.5 Å². The van der Waals surface area contributed by atoms with Crippen LogP contribution in [0, 0.1) is 0 Å². The van der Waals surface area contributed by atoms with Crippen molar-refractivity contribution in [2.75, 3.05) is 5.73 Å². The first-order chi connectivity index (χ1) is 4.33. The fourth-order valence-corrected chi connectivity index (χ4v) is 0.758. The molecule has 0 amide bonds. The first kappa shape index (κ1) is 6.13. The molecule has 0 saturated carbocycles. The molecule has 3 nitrogen and oxygen atoms in total. The van der Waals surface area contributed by atoms with E-state index < -0.39 is 0 Å². The maximum atomic E-state index is 5.38. The molecule has 0 saturated heterocycles. The normalized spacial score (nSPS) is 9.89. The zero-order valence-corrected chi connectivity index (χ0v) is 5.54. The molecule has 3 heteroatoms. The third kappa shape index (κ3) is 1.45. The van der Waals surface area contributed by atoms with E-state index in [0.29, 0.717) is 5.82 Å². The van der Waals surface area contributed by atoms with Crippen LogP contribution in [-0.4, -0.2) is 9.55 Å². The van der Waals surface area contributed by atoms with Crippen molar-refractivity contribution in [2.45, 2.75) is 19.9 Å². The highest BCUT2D eigenvalue weighted by Gasteiger charge is 1.89. The standard InChI is InChI=1S/C6H11N3/c1-2-3-9-4-6(7)8-5-9/h4-5H,2-3,7H2,1H3. The van der Waals surface area contributed by atoms with E-state index in [9.17, 15) is 0 Å². The Bertz CT molecular complexity index is 180. The van der Waals surface area contributed by atoms with Crippen LogP contribution in [0.25, 0.3) is 0 Å². The molecular formula is C6H11N3. The van der Waals surface area contributed by atoms with Crippen LogP contribution < -0.4 is 5.73 Å². The van der Waals surface area contributed by atoms with Crippen molar-refractivity contribution in [1.29, 1.82) is 0 Å². The number of imidazole rings is 1. The molecule has 0 aliphatic rings. The zero-order valence-electron chi connectivity index (χ0n) is 5.54. The van der Waals surface area contributed by atoms with Gasteiger partial charge in [0.15, 0.2) is 0 Å². The van der Waals surface area contributed by atoms with Crippen LogP contribution in [0.1, 0.15) is 13.3 Å². The molecule has 0 aliphatic carbocycles. The molecule has 0 spiro atoms. The van der Waals surface area contributed by atoms with Crippen LogP contribution in [0.4, 0.5) is 5.82 Å². The Balaban J connectivity index is 2.61. The molecule has 1 aromatic heterocycles. The fraction of sp³-hybridized carbons (Fsp3) is 0.500. The monoisotopic (exact) mass is 125 g/mol. The van der Waals surface area contributed by atoms with E-state index in [1.54, 1.807) is 6.33 Å². The molecular weight excluding hydrogens is 114 g/mol. The number of aryl methyl sites for hydroxylation is 1. The minimum Gasteiger partial charge on any atom is -0.382 e. The summed E-state index contributed by atoms with van der Waals surface area (Å²) in [6, 6.07) is 0. The molecule has 0 aliphatic heterocycles. The summed E-state index contributed by atoms with van der Waals surface area (Å²) in [5.74, 6) is 0.600. The summed E-state index contributed by atoms with van der Waals surface area (Å²) in [7, 11) is 0. The third-order valence-corrected chi connectivity index (χ3v) is 1.14. The van der Waals surface area contributed by atoms with E-state index >= 15 is 0 Å². The average molecular weight is 125 g/mol. The summed E-state index contributed by atoms with van der Waals surface area (Å²) >= 11 is 0. The van der Waals surface area contributed by atoms with Crippen molar-refractivity contribution in [1.82, 2.24) is 9.55 Å². The van der Waals surface area contributed by atoms with E-state index in [1.807, 2.05) is 10.8 Å². The van der Waals surface area contributed by atoms with Crippen LogP contribution in [0.3, 0.4) is 0 Å². The highest BCUT2D eigenvalue weighted by molar-refractivity contribution is 5.22. The Morgan fingerprint density at radius 3 is 3.00 bits per heavy atom. The summed E-state index contributed by atoms with van der Waals surface area (Å²) in [5.41, 5.74) is 5.38. The Labute approximate surface area is 54.5 Å². The summed E-state index contributed by atoms with van der Waals surface area (Å²) in [4.78, 5) is 3.88. The first-order valence-corrected chi connectivity index (χ1v) is 3.10. The molecule has 0 aromatic carbocycles. The number of nitrogens with zero attached hydrogens (tertiary/aromatic N) is 2. The third-order valence-electron chi connectivity index (χ3n) is 1.14. The van der Waals surface area contributed by atoms with Crippen molar-refractivity contribution in [3.8, 4) is 0 Å². The number of aromatic nitrogens is 2. The van der Waals surface area contributed by atoms with Gasteiger partial charge in [-0.2, -0.15) is 0 Å². The summed E-state index contributed by atoms with van der Waals surface area (Å²) < 4.78 is 1.98. The average Bonchev–Trinajstić information content (AvgIpc) is 2.17. The largest absolute Gasteiger partial charge is 0.382 e. The smallest absolute Gasteiger partial charge is 0.141 e. The first-order valence-electron chi connectivity index (χ1n) is 3.10. The lowest BCUT2D eigenvalue weighted by Crippen LogP contribution is -1.91. The second kappa shape index (κ2) is 2.53.